The summed E-state index contributed by atoms with van der Waals surface area (Å²) in [6, 6.07) is 1.28. The molecule has 6 N–H and O–H groups in total. The first-order chi connectivity index (χ1) is 27.2. The van der Waals surface area contributed by atoms with Crippen LogP contribution in [0.25, 0.3) is 0 Å². The highest BCUT2D eigenvalue weighted by atomic mass is 16.6. The number of Topliss-reactive ketones (excluding diaryl/α,β-unsaturated/α-hetero) is 1. The smallest absolute Gasteiger partial charge is 0.265 e. The van der Waals surface area contributed by atoms with Crippen molar-refractivity contribution in [1.82, 2.24) is 9.88 Å². The number of allylic oxidation sites excluding steroid dienone is 10. The van der Waals surface area contributed by atoms with Crippen LogP contribution < -0.4 is 10.9 Å². The van der Waals surface area contributed by atoms with Crippen molar-refractivity contribution in [3.63, 3.8) is 0 Å². The molecule has 13 heteroatoms. The van der Waals surface area contributed by atoms with E-state index in [0.717, 1.165) is 5.57 Å². The maximum absolute atomic E-state index is 13.4. The van der Waals surface area contributed by atoms with Crippen LogP contribution in [-0.2, 0) is 26.1 Å². The predicted octanol–water partition coefficient (Wildman–Crippen LogP) is 4.11. The Kier molecular flexibility index (Phi) is 16.7. The zero-order valence-corrected chi connectivity index (χ0v) is 34.5. The molecule has 3 heterocycles. The number of nitrogens with one attached hydrogen (secondary N) is 1. The van der Waals surface area contributed by atoms with Gasteiger partial charge in [-0.15, -0.1) is 0 Å². The molecule has 0 saturated carbocycles. The minimum Gasteiger partial charge on any atom is -0.507 e. The maximum atomic E-state index is 13.4. The van der Waals surface area contributed by atoms with Crippen LogP contribution in [0, 0.1) is 17.2 Å². The number of hydrogen-bond donors (Lipinski definition) is 6. The van der Waals surface area contributed by atoms with Crippen molar-refractivity contribution >= 4 is 11.7 Å². The second-order valence-electron chi connectivity index (χ2n) is 15.2. The number of aliphatic hydroxyl groups is 4. The Balaban J connectivity index is 1.61. The number of nitrogens with zero attached hydrogens (tertiary/aromatic N) is 1. The standard InChI is InChI=1S/C44H62N2O11/c1-10-12-14-22-34-43(6,7)33(48)26-44(54,57-34)30(11-2)41(52)45-24-18-17-20-28(4)39(55-9)29(5)40-38(51)37(50)32(56-40)21-16-13-15-19-27(3)36(49)35-31(47)23-25-46(8)42(35)53/h10,12-23,25,29-30,32-34,37-40,47-48,50-51,54H,11,24,26H2,1-9H3,(H,45,52)/b12-10-,15-13+,18-17+,21-16+,22-14+,27-19+,28-20+/t29?,30-,32?,33+,34+,37?,38?,39?,40?,44+/m1/s1/i30D. The average Bonchev–Trinajstić information content (AvgIpc) is 3.46. The van der Waals surface area contributed by atoms with Crippen LogP contribution in [0.5, 0.6) is 5.75 Å². The molecule has 1 aromatic rings. The summed E-state index contributed by atoms with van der Waals surface area (Å²) in [7, 11) is 3.01. The van der Waals surface area contributed by atoms with Gasteiger partial charge in [0, 0.05) is 46.0 Å². The highest BCUT2D eigenvalue weighted by Crippen LogP contribution is 2.44. The zero-order valence-electron chi connectivity index (χ0n) is 35.5. The predicted molar refractivity (Wildman–Crippen MR) is 218 cm³/mol. The molecular weight excluding hydrogens is 732 g/mol. The third-order valence-corrected chi connectivity index (χ3v) is 10.7. The van der Waals surface area contributed by atoms with Crippen LogP contribution >= 0.6 is 0 Å². The molecule has 2 saturated heterocycles. The number of methoxy groups -OCH3 is 1. The number of hydrogen-bond acceptors (Lipinski definition) is 11. The van der Waals surface area contributed by atoms with Crippen molar-refractivity contribution in [2.45, 2.75) is 110 Å². The number of pyridine rings is 1. The molecule has 2 fully saturated rings. The Bertz CT molecular complexity index is 1880. The Labute approximate surface area is 337 Å². The zero-order chi connectivity index (χ0) is 43.6. The molecule has 2 aliphatic rings. The molecule has 1 amide bonds. The monoisotopic (exact) mass is 795 g/mol. The minimum atomic E-state index is -2.25. The molecule has 57 heavy (non-hydrogen) atoms. The fourth-order valence-electron chi connectivity index (χ4n) is 6.99. The number of ketones is 1. The van der Waals surface area contributed by atoms with E-state index in [1.807, 2.05) is 26.8 Å². The molecule has 2 aliphatic heterocycles. The molecule has 6 unspecified atom stereocenters. The Hall–Kier alpha value is -4.21. The highest BCUT2D eigenvalue weighted by molar-refractivity contribution is 6.09. The Morgan fingerprint density at radius 1 is 1.09 bits per heavy atom. The van der Waals surface area contributed by atoms with E-state index in [0.29, 0.717) is 0 Å². The first kappa shape index (κ1) is 45.5. The fourth-order valence-corrected chi connectivity index (χ4v) is 6.99. The van der Waals surface area contributed by atoms with Crippen molar-refractivity contribution in [2.24, 2.45) is 24.3 Å². The van der Waals surface area contributed by atoms with E-state index in [-0.39, 0.29) is 30.5 Å². The van der Waals surface area contributed by atoms with E-state index in [1.165, 1.54) is 44.0 Å². The lowest BCUT2D eigenvalue weighted by molar-refractivity contribution is -0.314. The maximum Gasteiger partial charge on any atom is 0.265 e. The van der Waals surface area contributed by atoms with Crippen molar-refractivity contribution in [3.8, 4) is 5.75 Å². The third-order valence-electron chi connectivity index (χ3n) is 10.7. The SMILES string of the molecule is [2H][C@@](CC)(C(=O)NC/C=C/C=C(\C)C(OC)C(C)C1OC(/C=C/C=C/C=C(\C)C(=O)c2c(O)ccn(C)c2=O)C(O)C1O)[C@]1(O)C[C@H](O)C(C)(C)[C@H](/C=C/C=C\C)O1. The fraction of sp³-hybridized carbons (Fsp3) is 0.523. The first-order valence-corrected chi connectivity index (χ1v) is 19.2. The molecule has 0 aliphatic carbocycles. The van der Waals surface area contributed by atoms with Gasteiger partial charge in [-0.2, -0.15) is 0 Å². The Morgan fingerprint density at radius 3 is 2.42 bits per heavy atom. The van der Waals surface area contributed by atoms with Crippen LogP contribution in [0.4, 0.5) is 0 Å². The number of aryl methyl sites for hydroxylation is 1. The van der Waals surface area contributed by atoms with Crippen molar-refractivity contribution in [1.29, 1.82) is 0 Å². The molecule has 0 spiro atoms. The summed E-state index contributed by atoms with van der Waals surface area (Å²) in [6.45, 7) is 12.3. The lowest BCUT2D eigenvalue weighted by Gasteiger charge is -2.50. The van der Waals surface area contributed by atoms with Crippen LogP contribution in [-0.4, -0.2) is 104 Å². The molecule has 0 aromatic carbocycles. The number of aromatic nitrogens is 1. The van der Waals surface area contributed by atoms with Crippen LogP contribution in [0.3, 0.4) is 0 Å². The molecule has 10 atom stereocenters. The summed E-state index contributed by atoms with van der Waals surface area (Å²) in [5.41, 5.74) is -0.708. The molecular formula is C44H62N2O11. The van der Waals surface area contributed by atoms with Crippen molar-refractivity contribution in [2.75, 3.05) is 13.7 Å². The van der Waals surface area contributed by atoms with Gasteiger partial charge in [-0.1, -0.05) is 101 Å². The van der Waals surface area contributed by atoms with Gasteiger partial charge in [-0.05, 0) is 44.4 Å². The van der Waals surface area contributed by atoms with Crippen LogP contribution in [0.2, 0.25) is 0 Å². The van der Waals surface area contributed by atoms with E-state index >= 15 is 0 Å². The molecule has 1 aromatic heterocycles. The van der Waals surface area contributed by atoms with Gasteiger partial charge < -0.3 is 49.6 Å². The van der Waals surface area contributed by atoms with E-state index in [4.69, 9.17) is 15.6 Å². The van der Waals surface area contributed by atoms with Gasteiger partial charge in [0.1, 0.15) is 29.6 Å². The van der Waals surface area contributed by atoms with Gasteiger partial charge in [-0.25, -0.2) is 0 Å². The van der Waals surface area contributed by atoms with Gasteiger partial charge in [0.25, 0.3) is 5.56 Å². The van der Waals surface area contributed by atoms with Gasteiger partial charge in [0.05, 0.1) is 30.3 Å². The topological polar surface area (TPSA) is 197 Å². The number of carbonyl (C=O) groups is 2. The Morgan fingerprint density at radius 2 is 1.77 bits per heavy atom. The number of carbonyl (C=O) groups excluding carboxylic acids is 2. The summed E-state index contributed by atoms with van der Waals surface area (Å²) in [6.07, 6.45) is 14.6. The van der Waals surface area contributed by atoms with Gasteiger partial charge in [0.15, 0.2) is 11.6 Å². The molecule has 0 bridgehead atoms. The third kappa shape index (κ3) is 11.5. The van der Waals surface area contributed by atoms with Gasteiger partial charge in [0.2, 0.25) is 5.91 Å². The number of aromatic hydroxyl groups is 1. The van der Waals surface area contributed by atoms with Gasteiger partial charge in [-0.3, -0.25) is 14.4 Å². The molecule has 3 rings (SSSR count). The first-order valence-electron chi connectivity index (χ1n) is 19.7. The number of aliphatic hydroxyl groups excluding tert-OH is 3. The summed E-state index contributed by atoms with van der Waals surface area (Å²) >= 11 is 0. The number of rotatable bonds is 17. The molecule has 13 nitrogen and oxygen atoms in total. The van der Waals surface area contributed by atoms with E-state index in [1.54, 1.807) is 81.5 Å². The van der Waals surface area contributed by atoms with E-state index < -0.39 is 88.7 Å². The number of amides is 1. The summed E-state index contributed by atoms with van der Waals surface area (Å²) in [5, 5.41) is 57.0. The summed E-state index contributed by atoms with van der Waals surface area (Å²) in [5.74, 6) is -6.53. The van der Waals surface area contributed by atoms with Crippen molar-refractivity contribution < 1.29 is 50.7 Å². The average molecular weight is 796 g/mol. The second-order valence-corrected chi connectivity index (χ2v) is 15.2. The van der Waals surface area contributed by atoms with Crippen molar-refractivity contribution in [3.05, 3.63) is 112 Å². The second kappa shape index (κ2) is 21.0. The molecule has 0 radical (unpaired) electrons. The lowest BCUT2D eigenvalue weighted by Crippen LogP contribution is -2.60. The van der Waals surface area contributed by atoms with E-state index in [9.17, 15) is 39.9 Å². The normalized spacial score (nSPS) is 29.7. The largest absolute Gasteiger partial charge is 0.507 e. The highest BCUT2D eigenvalue weighted by Gasteiger charge is 2.54. The number of ether oxygens (including phenoxy) is 3. The van der Waals surface area contributed by atoms with Crippen LogP contribution in [0.15, 0.2) is 101 Å². The quantitative estimate of drug-likeness (QED) is 0.0754. The summed E-state index contributed by atoms with van der Waals surface area (Å²) < 4.78 is 28.1. The van der Waals surface area contributed by atoms with E-state index in [2.05, 4.69) is 5.32 Å². The van der Waals surface area contributed by atoms with Crippen LogP contribution in [0.1, 0.15) is 73.0 Å². The summed E-state index contributed by atoms with van der Waals surface area (Å²) in [4.78, 5) is 38.5. The minimum absolute atomic E-state index is 0.0342. The van der Waals surface area contributed by atoms with Gasteiger partial charge >= 0.3 is 0 Å². The molecule has 314 valence electrons. The lowest BCUT2D eigenvalue weighted by atomic mass is 9.72.